The summed E-state index contributed by atoms with van der Waals surface area (Å²) in [5.74, 6) is 0. The highest BCUT2D eigenvalue weighted by atomic mass is 35.5. The fourth-order valence-electron chi connectivity index (χ4n) is 1.22. The average Bonchev–Trinajstić information content (AvgIpc) is 2.27. The highest BCUT2D eigenvalue weighted by Crippen LogP contribution is 2.31. The molecule has 2 aromatic rings. The van der Waals surface area contributed by atoms with Gasteiger partial charge in [-0.15, -0.1) is 0 Å². The Morgan fingerprint density at radius 1 is 1.12 bits per heavy atom. The normalized spacial score (nSPS) is 10.4. The lowest BCUT2D eigenvalue weighted by Crippen LogP contribution is -1.83. The van der Waals surface area contributed by atoms with Crippen LogP contribution in [0.15, 0.2) is 46.3 Å². The van der Waals surface area contributed by atoms with E-state index >= 15 is 0 Å². The number of benzene rings is 1. The zero-order chi connectivity index (χ0) is 11.5. The lowest BCUT2D eigenvalue weighted by molar-refractivity contribution is 1.18. The second-order valence-corrected chi connectivity index (χ2v) is 5.27. The molecule has 0 N–H and O–H groups in total. The van der Waals surface area contributed by atoms with Crippen molar-refractivity contribution < 1.29 is 0 Å². The molecule has 0 aliphatic heterocycles. The summed E-state index contributed by atoms with van der Waals surface area (Å²) in [6, 6.07) is 9.60. The van der Waals surface area contributed by atoms with Crippen LogP contribution in [0.3, 0.4) is 0 Å². The Morgan fingerprint density at radius 2 is 1.81 bits per heavy atom. The van der Waals surface area contributed by atoms with Gasteiger partial charge >= 0.3 is 0 Å². The maximum atomic E-state index is 5.86. The van der Waals surface area contributed by atoms with Gasteiger partial charge < -0.3 is 0 Å². The first-order valence-corrected chi connectivity index (χ1v) is 6.28. The summed E-state index contributed by atoms with van der Waals surface area (Å²) in [5, 5.41) is 1.26. The van der Waals surface area contributed by atoms with Gasteiger partial charge in [-0.05, 0) is 42.8 Å². The Kier molecular flexibility index (Phi) is 3.74. The summed E-state index contributed by atoms with van der Waals surface area (Å²) in [4.78, 5) is 6.27. The molecule has 0 saturated heterocycles. The average molecular weight is 270 g/mol. The Hall–Kier alpha value is -0.700. The van der Waals surface area contributed by atoms with E-state index in [1.54, 1.807) is 18.0 Å². The van der Waals surface area contributed by atoms with Crippen molar-refractivity contribution >= 4 is 35.0 Å². The maximum absolute atomic E-state index is 5.86. The summed E-state index contributed by atoms with van der Waals surface area (Å²) in [7, 11) is 0. The highest BCUT2D eigenvalue weighted by Gasteiger charge is 2.03. The first-order valence-electron chi connectivity index (χ1n) is 4.71. The van der Waals surface area contributed by atoms with E-state index in [0.717, 1.165) is 20.4 Å². The molecule has 0 bridgehead atoms. The minimum atomic E-state index is 0.516. The largest absolute Gasteiger partial charge is 0.244 e. The lowest BCUT2D eigenvalue weighted by atomic mass is 10.3. The molecule has 82 valence electrons. The van der Waals surface area contributed by atoms with Gasteiger partial charge in [-0.25, -0.2) is 4.98 Å². The summed E-state index contributed by atoms with van der Waals surface area (Å²) in [6.07, 6.45) is 1.78. The molecule has 1 aromatic heterocycles. The van der Waals surface area contributed by atoms with Gasteiger partial charge in [0.2, 0.25) is 0 Å². The molecule has 16 heavy (non-hydrogen) atoms. The van der Waals surface area contributed by atoms with Crippen LogP contribution in [0.5, 0.6) is 0 Å². The second kappa shape index (κ2) is 5.09. The summed E-state index contributed by atoms with van der Waals surface area (Å²) in [5.41, 5.74) is 1.12. The van der Waals surface area contributed by atoms with E-state index in [-0.39, 0.29) is 0 Å². The van der Waals surface area contributed by atoms with Crippen LogP contribution in [0.1, 0.15) is 5.56 Å². The standard InChI is InChI=1S/C12H9Cl2NS/c1-8-7-15-12(14)6-11(8)16-10-4-2-9(13)3-5-10/h2-7H,1H3. The minimum Gasteiger partial charge on any atom is -0.244 e. The van der Waals surface area contributed by atoms with Crippen LogP contribution in [0.25, 0.3) is 0 Å². The SMILES string of the molecule is Cc1cnc(Cl)cc1Sc1ccc(Cl)cc1. The van der Waals surface area contributed by atoms with Gasteiger partial charge in [-0.1, -0.05) is 35.0 Å². The maximum Gasteiger partial charge on any atom is 0.130 e. The Morgan fingerprint density at radius 3 is 2.50 bits per heavy atom. The van der Waals surface area contributed by atoms with Gasteiger partial charge in [0.15, 0.2) is 0 Å². The molecule has 0 fully saturated rings. The molecule has 1 heterocycles. The number of hydrogen-bond acceptors (Lipinski definition) is 2. The number of halogens is 2. The van der Waals surface area contributed by atoms with Crippen LogP contribution >= 0.6 is 35.0 Å². The molecule has 4 heteroatoms. The van der Waals surface area contributed by atoms with Crippen LogP contribution in [0.2, 0.25) is 10.2 Å². The summed E-state index contributed by atoms with van der Waals surface area (Å²) < 4.78 is 0. The Bertz CT molecular complexity index is 497. The number of pyridine rings is 1. The number of nitrogens with zero attached hydrogens (tertiary/aromatic N) is 1. The molecular formula is C12H9Cl2NS. The molecule has 1 aromatic carbocycles. The Labute approximate surface area is 109 Å². The molecule has 0 aliphatic rings. The molecule has 1 nitrogen and oxygen atoms in total. The smallest absolute Gasteiger partial charge is 0.130 e. The van der Waals surface area contributed by atoms with E-state index in [9.17, 15) is 0 Å². The molecule has 0 unspecified atom stereocenters. The van der Waals surface area contributed by atoms with Gasteiger partial charge in [0.1, 0.15) is 5.15 Å². The highest BCUT2D eigenvalue weighted by molar-refractivity contribution is 7.99. The quantitative estimate of drug-likeness (QED) is 0.723. The van der Waals surface area contributed by atoms with Crippen molar-refractivity contribution in [3.8, 4) is 0 Å². The van der Waals surface area contributed by atoms with Crippen LogP contribution < -0.4 is 0 Å². The second-order valence-electron chi connectivity index (χ2n) is 3.33. The van der Waals surface area contributed by atoms with E-state index in [2.05, 4.69) is 4.98 Å². The molecule has 0 radical (unpaired) electrons. The van der Waals surface area contributed by atoms with E-state index in [1.165, 1.54) is 0 Å². The number of rotatable bonds is 2. The molecular weight excluding hydrogens is 261 g/mol. The first kappa shape index (κ1) is 11.8. The topological polar surface area (TPSA) is 12.9 Å². The van der Waals surface area contributed by atoms with Crippen LogP contribution in [-0.4, -0.2) is 4.98 Å². The molecule has 0 atom stereocenters. The lowest BCUT2D eigenvalue weighted by Gasteiger charge is -2.05. The van der Waals surface area contributed by atoms with Crippen molar-refractivity contribution in [2.75, 3.05) is 0 Å². The van der Waals surface area contributed by atoms with Crippen molar-refractivity contribution in [2.45, 2.75) is 16.7 Å². The fraction of sp³-hybridized carbons (Fsp3) is 0.0833. The molecule has 0 saturated carbocycles. The number of aromatic nitrogens is 1. The van der Waals surface area contributed by atoms with Gasteiger partial charge in [-0.2, -0.15) is 0 Å². The molecule has 0 spiro atoms. The van der Waals surface area contributed by atoms with Crippen molar-refractivity contribution in [2.24, 2.45) is 0 Å². The van der Waals surface area contributed by atoms with E-state index < -0.39 is 0 Å². The zero-order valence-corrected chi connectivity index (χ0v) is 10.9. The van der Waals surface area contributed by atoms with E-state index in [1.807, 2.05) is 37.3 Å². The van der Waals surface area contributed by atoms with Crippen LogP contribution in [0.4, 0.5) is 0 Å². The molecule has 0 amide bonds. The van der Waals surface area contributed by atoms with Crippen molar-refractivity contribution in [3.63, 3.8) is 0 Å². The summed E-state index contributed by atoms with van der Waals surface area (Å²) in [6.45, 7) is 2.02. The third kappa shape index (κ3) is 2.91. The Balaban J connectivity index is 2.26. The minimum absolute atomic E-state index is 0.516. The third-order valence-electron chi connectivity index (χ3n) is 2.06. The summed E-state index contributed by atoms with van der Waals surface area (Å²) >= 11 is 13.3. The monoisotopic (exact) mass is 269 g/mol. The molecule has 2 rings (SSSR count). The van der Waals surface area contributed by atoms with E-state index in [4.69, 9.17) is 23.2 Å². The fourth-order valence-corrected chi connectivity index (χ4v) is 2.48. The van der Waals surface area contributed by atoms with E-state index in [0.29, 0.717) is 5.15 Å². The van der Waals surface area contributed by atoms with Crippen LogP contribution in [-0.2, 0) is 0 Å². The predicted octanol–water partition coefficient (Wildman–Crippen LogP) is 4.85. The third-order valence-corrected chi connectivity index (χ3v) is 3.69. The first-order chi connectivity index (χ1) is 7.65. The van der Waals surface area contributed by atoms with Crippen molar-refractivity contribution in [1.29, 1.82) is 0 Å². The van der Waals surface area contributed by atoms with Gasteiger partial charge in [0.25, 0.3) is 0 Å². The van der Waals surface area contributed by atoms with Crippen LogP contribution in [0, 0.1) is 6.92 Å². The van der Waals surface area contributed by atoms with Gasteiger partial charge in [0.05, 0.1) is 0 Å². The van der Waals surface area contributed by atoms with Crippen molar-refractivity contribution in [3.05, 3.63) is 52.3 Å². The van der Waals surface area contributed by atoms with Gasteiger partial charge in [0, 0.05) is 21.0 Å². The molecule has 0 aliphatic carbocycles. The van der Waals surface area contributed by atoms with Crippen molar-refractivity contribution in [1.82, 2.24) is 4.98 Å². The number of hydrogen-bond donors (Lipinski definition) is 0. The zero-order valence-electron chi connectivity index (χ0n) is 8.58. The number of aryl methyl sites for hydroxylation is 1. The predicted molar refractivity (Wildman–Crippen MR) is 69.6 cm³/mol. The van der Waals surface area contributed by atoms with Gasteiger partial charge in [-0.3, -0.25) is 0 Å².